The summed E-state index contributed by atoms with van der Waals surface area (Å²) in [6.45, 7) is 5.66. The lowest BCUT2D eigenvalue weighted by atomic mass is 10.1. The molecule has 0 aliphatic rings. The fourth-order valence-electron chi connectivity index (χ4n) is 1.81. The molecule has 17 heavy (non-hydrogen) atoms. The molecule has 0 fully saturated rings. The summed E-state index contributed by atoms with van der Waals surface area (Å²) >= 11 is 0. The predicted octanol–water partition coefficient (Wildman–Crippen LogP) is 1.83. The second-order valence-corrected chi connectivity index (χ2v) is 3.84. The number of hydrogen-bond acceptors (Lipinski definition) is 3. The molecular formula is C12H17NO4. The number of carboxylic acid groups (broad SMARTS) is 1. The Balaban J connectivity index is 2.93. The van der Waals surface area contributed by atoms with Crippen LogP contribution in [0.3, 0.4) is 0 Å². The number of H-pyrrole nitrogens is 1. The van der Waals surface area contributed by atoms with Gasteiger partial charge in [0, 0.05) is 11.4 Å². The topological polar surface area (TPSA) is 79.4 Å². The Morgan fingerprint density at radius 1 is 1.35 bits per heavy atom. The molecule has 1 heterocycles. The molecule has 0 unspecified atom stereocenters. The second-order valence-electron chi connectivity index (χ2n) is 3.84. The van der Waals surface area contributed by atoms with Gasteiger partial charge in [-0.1, -0.05) is 0 Å². The lowest BCUT2D eigenvalue weighted by Crippen LogP contribution is -2.07. The average Bonchev–Trinajstić information content (AvgIpc) is 2.51. The Labute approximate surface area is 99.8 Å². The number of aromatic amines is 1. The number of carbonyl (C=O) groups excluding carboxylic acids is 1. The van der Waals surface area contributed by atoms with Gasteiger partial charge in [-0.3, -0.25) is 4.79 Å². The third-order valence-corrected chi connectivity index (χ3v) is 2.61. The average molecular weight is 239 g/mol. The molecule has 5 heteroatoms. The first-order valence-corrected chi connectivity index (χ1v) is 5.54. The van der Waals surface area contributed by atoms with Gasteiger partial charge >= 0.3 is 11.9 Å². The maximum absolute atomic E-state index is 11.7. The molecule has 0 aliphatic heterocycles. The summed E-state index contributed by atoms with van der Waals surface area (Å²) in [6.07, 6.45) is 0.435. The van der Waals surface area contributed by atoms with E-state index in [4.69, 9.17) is 9.84 Å². The standard InChI is InChI=1S/C12H17NO4/c1-4-17-12(16)11-7(2)9(13-8(11)3)5-6-10(14)15/h13H,4-6H2,1-3H3,(H,14,15). The number of aliphatic carboxylic acids is 1. The number of rotatable bonds is 5. The van der Waals surface area contributed by atoms with Crippen LogP contribution in [0.2, 0.25) is 0 Å². The molecule has 94 valence electrons. The van der Waals surface area contributed by atoms with Gasteiger partial charge in [0.1, 0.15) is 0 Å². The molecule has 0 aliphatic carbocycles. The van der Waals surface area contributed by atoms with Crippen LogP contribution in [0.5, 0.6) is 0 Å². The molecular weight excluding hydrogens is 222 g/mol. The van der Waals surface area contributed by atoms with Crippen LogP contribution in [-0.2, 0) is 16.0 Å². The lowest BCUT2D eigenvalue weighted by Gasteiger charge is -2.02. The number of aryl methyl sites for hydroxylation is 2. The highest BCUT2D eigenvalue weighted by molar-refractivity contribution is 5.92. The van der Waals surface area contributed by atoms with Crippen molar-refractivity contribution in [1.29, 1.82) is 0 Å². The van der Waals surface area contributed by atoms with Crippen LogP contribution >= 0.6 is 0 Å². The molecule has 0 aromatic carbocycles. The molecule has 0 radical (unpaired) electrons. The van der Waals surface area contributed by atoms with Crippen molar-refractivity contribution in [3.05, 3.63) is 22.5 Å². The molecule has 5 nitrogen and oxygen atoms in total. The Kier molecular flexibility index (Phi) is 4.31. The molecule has 0 spiro atoms. The van der Waals surface area contributed by atoms with Gasteiger partial charge in [0.25, 0.3) is 0 Å². The first-order chi connectivity index (χ1) is 7.97. The number of hydrogen-bond donors (Lipinski definition) is 2. The Bertz CT molecular complexity index is 434. The minimum atomic E-state index is -0.852. The van der Waals surface area contributed by atoms with Crippen molar-refractivity contribution < 1.29 is 19.4 Å². The molecule has 1 aromatic heterocycles. The number of ether oxygens (including phenoxy) is 1. The van der Waals surface area contributed by atoms with Crippen molar-refractivity contribution in [2.45, 2.75) is 33.6 Å². The third-order valence-electron chi connectivity index (χ3n) is 2.61. The summed E-state index contributed by atoms with van der Waals surface area (Å²) in [6, 6.07) is 0. The second kappa shape index (κ2) is 5.52. The van der Waals surface area contributed by atoms with Gasteiger partial charge < -0.3 is 14.8 Å². The van der Waals surface area contributed by atoms with Gasteiger partial charge in [-0.05, 0) is 32.8 Å². The van der Waals surface area contributed by atoms with Gasteiger partial charge in [0.2, 0.25) is 0 Å². The van der Waals surface area contributed by atoms with E-state index in [0.717, 1.165) is 17.0 Å². The van der Waals surface area contributed by atoms with Gasteiger partial charge in [0.05, 0.1) is 18.6 Å². The van der Waals surface area contributed by atoms with Crippen molar-refractivity contribution in [2.24, 2.45) is 0 Å². The number of esters is 1. The van der Waals surface area contributed by atoms with Crippen LogP contribution < -0.4 is 0 Å². The van der Waals surface area contributed by atoms with E-state index in [1.807, 2.05) is 0 Å². The van der Waals surface area contributed by atoms with E-state index in [1.54, 1.807) is 20.8 Å². The van der Waals surface area contributed by atoms with Crippen molar-refractivity contribution in [3.8, 4) is 0 Å². The first-order valence-electron chi connectivity index (χ1n) is 5.54. The number of aromatic nitrogens is 1. The zero-order chi connectivity index (χ0) is 13.0. The van der Waals surface area contributed by atoms with Crippen LogP contribution in [0.4, 0.5) is 0 Å². The summed E-state index contributed by atoms with van der Waals surface area (Å²) in [4.78, 5) is 25.2. The van der Waals surface area contributed by atoms with E-state index < -0.39 is 5.97 Å². The van der Waals surface area contributed by atoms with Gasteiger partial charge in [0.15, 0.2) is 0 Å². The highest BCUT2D eigenvalue weighted by Crippen LogP contribution is 2.20. The first kappa shape index (κ1) is 13.3. The van der Waals surface area contributed by atoms with Crippen molar-refractivity contribution in [2.75, 3.05) is 6.61 Å². The van der Waals surface area contributed by atoms with Crippen LogP contribution in [0.25, 0.3) is 0 Å². The largest absolute Gasteiger partial charge is 0.481 e. The molecule has 0 bridgehead atoms. The maximum atomic E-state index is 11.7. The van der Waals surface area contributed by atoms with E-state index in [9.17, 15) is 9.59 Å². The summed E-state index contributed by atoms with van der Waals surface area (Å²) in [5, 5.41) is 8.63. The summed E-state index contributed by atoms with van der Waals surface area (Å²) in [7, 11) is 0. The number of carboxylic acids is 1. The number of nitrogens with one attached hydrogen (secondary N) is 1. The van der Waals surface area contributed by atoms with Crippen LogP contribution in [0.1, 0.15) is 40.7 Å². The SMILES string of the molecule is CCOC(=O)c1c(C)[nH]c(CCC(=O)O)c1C. The molecule has 1 aromatic rings. The fraction of sp³-hybridized carbons (Fsp3) is 0.500. The van der Waals surface area contributed by atoms with Crippen molar-refractivity contribution in [1.82, 2.24) is 4.98 Å². The van der Waals surface area contributed by atoms with Crippen molar-refractivity contribution in [3.63, 3.8) is 0 Å². The van der Waals surface area contributed by atoms with Crippen LogP contribution in [-0.4, -0.2) is 28.6 Å². The zero-order valence-electron chi connectivity index (χ0n) is 10.3. The highest BCUT2D eigenvalue weighted by atomic mass is 16.5. The quantitative estimate of drug-likeness (QED) is 0.768. The van der Waals surface area contributed by atoms with Gasteiger partial charge in [-0.15, -0.1) is 0 Å². The van der Waals surface area contributed by atoms with E-state index >= 15 is 0 Å². The molecule has 0 atom stereocenters. The Hall–Kier alpha value is -1.78. The van der Waals surface area contributed by atoms with E-state index in [0.29, 0.717) is 18.6 Å². The smallest absolute Gasteiger partial charge is 0.340 e. The molecule has 0 saturated heterocycles. The zero-order valence-corrected chi connectivity index (χ0v) is 10.3. The normalized spacial score (nSPS) is 10.3. The van der Waals surface area contributed by atoms with Crippen LogP contribution in [0.15, 0.2) is 0 Å². The monoisotopic (exact) mass is 239 g/mol. The molecule has 0 saturated carbocycles. The highest BCUT2D eigenvalue weighted by Gasteiger charge is 2.19. The Morgan fingerprint density at radius 2 is 2.00 bits per heavy atom. The molecule has 0 amide bonds. The van der Waals surface area contributed by atoms with E-state index in [2.05, 4.69) is 4.98 Å². The molecule has 1 rings (SSSR count). The van der Waals surface area contributed by atoms with Crippen LogP contribution in [0, 0.1) is 13.8 Å². The van der Waals surface area contributed by atoms with Crippen molar-refractivity contribution >= 4 is 11.9 Å². The van der Waals surface area contributed by atoms with E-state index in [-0.39, 0.29) is 12.4 Å². The van der Waals surface area contributed by atoms with Gasteiger partial charge in [-0.25, -0.2) is 4.79 Å². The summed E-state index contributed by atoms with van der Waals surface area (Å²) in [5.41, 5.74) is 2.81. The third kappa shape index (κ3) is 3.09. The Morgan fingerprint density at radius 3 is 2.53 bits per heavy atom. The summed E-state index contributed by atoms with van der Waals surface area (Å²) in [5.74, 6) is -1.21. The summed E-state index contributed by atoms with van der Waals surface area (Å²) < 4.78 is 4.95. The lowest BCUT2D eigenvalue weighted by molar-refractivity contribution is -0.136. The minimum absolute atomic E-state index is 0.0447. The maximum Gasteiger partial charge on any atom is 0.340 e. The van der Waals surface area contributed by atoms with E-state index in [1.165, 1.54) is 0 Å². The predicted molar refractivity (Wildman–Crippen MR) is 62.2 cm³/mol. The number of carbonyl (C=O) groups is 2. The van der Waals surface area contributed by atoms with Gasteiger partial charge in [-0.2, -0.15) is 0 Å². The molecule has 2 N–H and O–H groups in total. The minimum Gasteiger partial charge on any atom is -0.481 e. The fourth-order valence-corrected chi connectivity index (χ4v) is 1.81.